The Kier molecular flexibility index (Phi) is 15.7. The van der Waals surface area contributed by atoms with E-state index < -0.39 is 84.3 Å². The van der Waals surface area contributed by atoms with Crippen LogP contribution in [0.3, 0.4) is 0 Å². The number of pyridine rings is 1. The zero-order chi connectivity index (χ0) is 48.0. The van der Waals surface area contributed by atoms with Gasteiger partial charge in [0.1, 0.15) is 23.5 Å². The maximum Gasteiger partial charge on any atom is 0.407 e. The SMILES string of the molecule is COC(=O)NC(C(=O)N[C@@H](Cc1ccc(C#Cc2ccc(N3CC4CCC(C3)N4C3(C)COC3)nc2)cc1)[C@@H](O)CNCc1c(F)cc(C(=N)/C=C\NC(F)F)cc1F)C(C)(C)C(F)(F)F. The lowest BCUT2D eigenvalue weighted by Crippen LogP contribution is -2.68. The Hall–Kier alpha value is -5.75. The minimum absolute atomic E-state index is 0.101. The van der Waals surface area contributed by atoms with Gasteiger partial charge in [-0.2, -0.15) is 22.0 Å². The van der Waals surface area contributed by atoms with Crippen molar-refractivity contribution in [3.8, 4) is 11.8 Å². The minimum Gasteiger partial charge on any atom is -0.453 e. The van der Waals surface area contributed by atoms with Crippen molar-refractivity contribution in [2.24, 2.45) is 5.41 Å². The summed E-state index contributed by atoms with van der Waals surface area (Å²) in [6.07, 6.45) is -2.37. The Morgan fingerprint density at radius 3 is 2.18 bits per heavy atom. The van der Waals surface area contributed by atoms with Crippen molar-refractivity contribution in [2.75, 3.05) is 44.9 Å². The highest BCUT2D eigenvalue weighted by Crippen LogP contribution is 2.41. The topological polar surface area (TPSA) is 164 Å². The Morgan fingerprint density at radius 2 is 1.64 bits per heavy atom. The fourth-order valence-electron chi connectivity index (χ4n) is 8.47. The maximum absolute atomic E-state index is 15.0. The summed E-state index contributed by atoms with van der Waals surface area (Å²) in [7, 11) is 0.914. The smallest absolute Gasteiger partial charge is 0.407 e. The number of amides is 2. The van der Waals surface area contributed by atoms with Crippen molar-refractivity contribution in [3.05, 3.63) is 106 Å². The third-order valence-electron chi connectivity index (χ3n) is 12.3. The van der Waals surface area contributed by atoms with Crippen LogP contribution >= 0.6 is 0 Å². The molecule has 13 nitrogen and oxygen atoms in total. The standard InChI is InChI=1S/C46H53F7N8O5/c1-44(2,46(51,52)53)40(59-43(64)65-4)41(63)58-37(38(62)22-55-21-33-34(47)18-30(19-35(33)48)36(54)15-16-56-42(49)50)17-28-8-5-27(6-9-28)7-10-29-11-14-39(57-20-29)60-23-31-12-13-32(24-60)61(31)45(3)25-66-26-45/h5-6,8-9,11,14-16,18-20,31-32,37-38,40,42,54-56,62H,12-13,17,21-26H2,1-4H3,(H,58,63)(H,59,64)/b16-15-,54-36?/t31?,32?,37-,38-,40?/m0/s1. The number of piperazine rings is 1. The van der Waals surface area contributed by atoms with Crippen molar-refractivity contribution in [3.63, 3.8) is 0 Å². The molecule has 4 heterocycles. The molecule has 6 rings (SSSR count). The zero-order valence-electron chi connectivity index (χ0n) is 36.7. The number of alkyl carbamates (subject to hydrolysis) is 1. The number of benzene rings is 2. The molecule has 3 unspecified atom stereocenters. The third-order valence-corrected chi connectivity index (χ3v) is 12.3. The van der Waals surface area contributed by atoms with Crippen LogP contribution in [-0.4, -0.2) is 121 Å². The summed E-state index contributed by atoms with van der Waals surface area (Å²) in [6.45, 7) is 3.14. The van der Waals surface area contributed by atoms with Crippen LogP contribution < -0.4 is 26.2 Å². The van der Waals surface area contributed by atoms with Crippen LogP contribution in [0.25, 0.3) is 0 Å². The van der Waals surface area contributed by atoms with Crippen LogP contribution in [0.5, 0.6) is 0 Å². The van der Waals surface area contributed by atoms with Gasteiger partial charge in [-0.15, -0.1) is 0 Å². The van der Waals surface area contributed by atoms with Crippen molar-refractivity contribution in [2.45, 2.75) is 95.1 Å². The monoisotopic (exact) mass is 930 g/mol. The van der Waals surface area contributed by atoms with Crippen LogP contribution in [0, 0.1) is 34.3 Å². The molecule has 0 saturated carbocycles. The predicted molar refractivity (Wildman–Crippen MR) is 231 cm³/mol. The summed E-state index contributed by atoms with van der Waals surface area (Å²) in [5, 5.41) is 28.0. The lowest BCUT2D eigenvalue weighted by Gasteiger charge is -2.54. The molecule has 6 N–H and O–H groups in total. The maximum atomic E-state index is 15.0. The van der Waals surface area contributed by atoms with E-state index in [1.807, 2.05) is 17.4 Å². The number of aliphatic hydroxyl groups excluding tert-OH is 1. The van der Waals surface area contributed by atoms with Gasteiger partial charge < -0.3 is 46.2 Å². The Morgan fingerprint density at radius 1 is 1.02 bits per heavy atom. The van der Waals surface area contributed by atoms with E-state index in [-0.39, 0.29) is 17.5 Å². The molecule has 3 aliphatic rings. The molecule has 2 aromatic carbocycles. The largest absolute Gasteiger partial charge is 0.453 e. The van der Waals surface area contributed by atoms with E-state index in [2.05, 4.69) is 43.9 Å². The first kappa shape index (κ1) is 49.7. The fourth-order valence-corrected chi connectivity index (χ4v) is 8.47. The molecule has 356 valence electrons. The van der Waals surface area contributed by atoms with Gasteiger partial charge in [0, 0.05) is 72.9 Å². The van der Waals surface area contributed by atoms with E-state index in [1.165, 1.54) is 0 Å². The van der Waals surface area contributed by atoms with E-state index >= 15 is 8.78 Å². The highest BCUT2D eigenvalue weighted by atomic mass is 19.4. The number of rotatable bonds is 17. The quantitative estimate of drug-likeness (QED) is 0.0448. The molecule has 0 aliphatic carbocycles. The van der Waals surface area contributed by atoms with Crippen molar-refractivity contribution in [1.29, 1.82) is 5.41 Å². The number of aliphatic hydroxyl groups is 1. The van der Waals surface area contributed by atoms with Crippen LogP contribution in [0.1, 0.15) is 61.4 Å². The number of hydrogen-bond acceptors (Lipinski definition) is 11. The van der Waals surface area contributed by atoms with Gasteiger partial charge in [0.25, 0.3) is 0 Å². The number of halogens is 7. The van der Waals surface area contributed by atoms with Crippen molar-refractivity contribution >= 4 is 23.5 Å². The first-order chi connectivity index (χ1) is 31.2. The molecule has 3 aromatic rings. The van der Waals surface area contributed by atoms with Gasteiger partial charge in [-0.1, -0.05) is 24.0 Å². The third kappa shape index (κ3) is 11.8. The average molecular weight is 931 g/mol. The number of allylic oxidation sites excluding steroid dienone is 1. The number of hydrogen-bond donors (Lipinski definition) is 6. The fraction of sp³-hybridized carbons (Fsp3) is 0.478. The number of ether oxygens (including phenoxy) is 2. The molecule has 1 aromatic heterocycles. The Labute approximate surface area is 378 Å². The average Bonchev–Trinajstić information content (AvgIpc) is 3.53. The molecule has 0 spiro atoms. The molecule has 3 aliphatic heterocycles. The van der Waals surface area contributed by atoms with Crippen LogP contribution in [0.4, 0.5) is 41.3 Å². The summed E-state index contributed by atoms with van der Waals surface area (Å²) in [5.74, 6) is 3.59. The number of aromatic nitrogens is 1. The summed E-state index contributed by atoms with van der Waals surface area (Å²) in [4.78, 5) is 35.4. The molecular formula is C46H53F7N8O5. The van der Waals surface area contributed by atoms with Gasteiger partial charge in [-0.3, -0.25) is 9.69 Å². The molecule has 5 atom stereocenters. The molecule has 0 radical (unpaired) electrons. The van der Waals surface area contributed by atoms with Gasteiger partial charge in [0.2, 0.25) is 5.91 Å². The molecule has 2 bridgehead atoms. The van der Waals surface area contributed by atoms with Gasteiger partial charge in [-0.25, -0.2) is 18.6 Å². The second-order valence-electron chi connectivity index (χ2n) is 17.5. The van der Waals surface area contributed by atoms with Crippen molar-refractivity contribution < 1.29 is 54.9 Å². The first-order valence-electron chi connectivity index (χ1n) is 21.2. The minimum atomic E-state index is -4.98. The normalized spacial score (nSPS) is 19.6. The predicted octanol–water partition coefficient (Wildman–Crippen LogP) is 5.39. The van der Waals surface area contributed by atoms with Crippen LogP contribution in [0.2, 0.25) is 0 Å². The molecule has 20 heteroatoms. The Bertz CT molecular complexity index is 2260. The summed E-state index contributed by atoms with van der Waals surface area (Å²) in [5.41, 5.74) is -2.12. The van der Waals surface area contributed by atoms with E-state index in [1.54, 1.807) is 35.8 Å². The van der Waals surface area contributed by atoms with E-state index in [0.29, 0.717) is 42.6 Å². The molecule has 66 heavy (non-hydrogen) atoms. The highest BCUT2D eigenvalue weighted by molar-refractivity contribution is 6.06. The zero-order valence-corrected chi connectivity index (χ0v) is 36.7. The van der Waals surface area contributed by atoms with E-state index in [0.717, 1.165) is 76.5 Å². The van der Waals surface area contributed by atoms with Gasteiger partial charge >= 0.3 is 18.8 Å². The highest BCUT2D eigenvalue weighted by Gasteiger charge is 2.56. The number of nitrogens with one attached hydrogen (secondary N) is 5. The summed E-state index contributed by atoms with van der Waals surface area (Å²) in [6, 6.07) is 9.56. The molecule has 3 saturated heterocycles. The number of anilines is 1. The van der Waals surface area contributed by atoms with Crippen LogP contribution in [0.15, 0.2) is 67.0 Å². The first-order valence-corrected chi connectivity index (χ1v) is 21.2. The lowest BCUT2D eigenvalue weighted by atomic mass is 9.82. The lowest BCUT2D eigenvalue weighted by molar-refractivity contribution is -0.220. The second-order valence-corrected chi connectivity index (χ2v) is 17.5. The van der Waals surface area contributed by atoms with E-state index in [9.17, 15) is 36.6 Å². The number of methoxy groups -OCH3 is 1. The van der Waals surface area contributed by atoms with Gasteiger partial charge in [0.05, 0.1) is 49.1 Å². The second kappa shape index (κ2) is 20.8. The van der Waals surface area contributed by atoms with Gasteiger partial charge in [0.15, 0.2) is 0 Å². The van der Waals surface area contributed by atoms with Gasteiger partial charge in [-0.05, 0) is 88.1 Å². The molecule has 3 fully saturated rings. The number of carbonyl (C=O) groups is 2. The number of carbonyl (C=O) groups excluding carboxylic acids is 2. The number of fused-ring (bicyclic) bond motifs is 2. The van der Waals surface area contributed by atoms with Crippen LogP contribution in [-0.2, 0) is 27.2 Å². The summed E-state index contributed by atoms with van der Waals surface area (Å²) < 4.78 is 107. The Balaban J connectivity index is 1.13. The summed E-state index contributed by atoms with van der Waals surface area (Å²) >= 11 is 0. The van der Waals surface area contributed by atoms with Crippen molar-refractivity contribution in [1.82, 2.24) is 31.2 Å². The van der Waals surface area contributed by atoms with E-state index in [4.69, 9.17) is 15.1 Å². The molecule has 2 amide bonds. The number of nitrogens with zero attached hydrogens (tertiary/aromatic N) is 3. The number of alkyl halides is 5. The molecular weight excluding hydrogens is 878 g/mol.